The molecule has 0 aliphatic carbocycles. The monoisotopic (exact) mass is 219 g/mol. The summed E-state index contributed by atoms with van der Waals surface area (Å²) in [5.74, 6) is -0.131. The second kappa shape index (κ2) is 3.09. The Bertz CT molecular complexity index is 277. The fourth-order valence-electron chi connectivity index (χ4n) is 0.730. The Morgan fingerprint density at radius 2 is 2.18 bits per heavy atom. The number of benzene rings is 1. The topological polar surface area (TPSA) is 35.2 Å². The Morgan fingerprint density at radius 3 is 2.73 bits per heavy atom. The molecule has 0 amide bonds. The SMILES string of the molecule is COc1cc(Br)cc(F)c1N. The Morgan fingerprint density at radius 1 is 1.55 bits per heavy atom. The maximum atomic E-state index is 12.8. The maximum absolute atomic E-state index is 12.8. The molecule has 1 aromatic rings. The molecule has 1 aromatic carbocycles. The molecule has 2 nitrogen and oxygen atoms in total. The molecule has 0 spiro atoms. The smallest absolute Gasteiger partial charge is 0.151 e. The van der Waals surface area contributed by atoms with Crippen LogP contribution in [0.25, 0.3) is 0 Å². The number of methoxy groups -OCH3 is 1. The Kier molecular flexibility index (Phi) is 2.34. The zero-order chi connectivity index (χ0) is 8.43. The summed E-state index contributed by atoms with van der Waals surface area (Å²) in [6.45, 7) is 0. The number of rotatable bonds is 1. The van der Waals surface area contributed by atoms with Crippen LogP contribution >= 0.6 is 15.9 Å². The van der Waals surface area contributed by atoms with Crippen LogP contribution in [0.15, 0.2) is 16.6 Å². The van der Waals surface area contributed by atoms with E-state index in [2.05, 4.69) is 15.9 Å². The van der Waals surface area contributed by atoms with Crippen LogP contribution in [0.1, 0.15) is 0 Å². The van der Waals surface area contributed by atoms with Crippen LogP contribution in [0.5, 0.6) is 5.75 Å². The van der Waals surface area contributed by atoms with Crippen molar-refractivity contribution in [2.45, 2.75) is 0 Å². The van der Waals surface area contributed by atoms with E-state index in [9.17, 15) is 4.39 Å². The summed E-state index contributed by atoms with van der Waals surface area (Å²) in [4.78, 5) is 0. The third kappa shape index (κ3) is 1.63. The number of hydrogen-bond acceptors (Lipinski definition) is 2. The highest BCUT2D eigenvalue weighted by molar-refractivity contribution is 9.10. The van der Waals surface area contributed by atoms with Crippen molar-refractivity contribution >= 4 is 21.6 Å². The van der Waals surface area contributed by atoms with Gasteiger partial charge in [-0.05, 0) is 12.1 Å². The lowest BCUT2D eigenvalue weighted by atomic mass is 10.3. The summed E-state index contributed by atoms with van der Waals surface area (Å²) >= 11 is 3.11. The van der Waals surface area contributed by atoms with Crippen LogP contribution in [0.4, 0.5) is 10.1 Å². The summed E-state index contributed by atoms with van der Waals surface area (Å²) in [6.07, 6.45) is 0. The molecule has 11 heavy (non-hydrogen) atoms. The molecule has 4 heteroatoms. The van der Waals surface area contributed by atoms with Gasteiger partial charge in [0.2, 0.25) is 0 Å². The molecule has 0 atom stereocenters. The van der Waals surface area contributed by atoms with Crippen molar-refractivity contribution in [2.24, 2.45) is 0 Å². The van der Waals surface area contributed by atoms with Crippen LogP contribution in [0, 0.1) is 5.82 Å². The van der Waals surface area contributed by atoms with Gasteiger partial charge in [0.1, 0.15) is 11.4 Å². The molecular weight excluding hydrogens is 213 g/mol. The molecule has 1 rings (SSSR count). The zero-order valence-electron chi connectivity index (χ0n) is 5.90. The molecule has 60 valence electrons. The van der Waals surface area contributed by atoms with Gasteiger partial charge < -0.3 is 10.5 Å². The van der Waals surface area contributed by atoms with Crippen LogP contribution in [-0.4, -0.2) is 7.11 Å². The van der Waals surface area contributed by atoms with E-state index in [1.807, 2.05) is 0 Å². The third-order valence-electron chi connectivity index (χ3n) is 1.28. The van der Waals surface area contributed by atoms with Gasteiger partial charge in [-0.2, -0.15) is 0 Å². The van der Waals surface area contributed by atoms with Crippen molar-refractivity contribution in [2.75, 3.05) is 12.8 Å². The number of hydrogen-bond donors (Lipinski definition) is 1. The summed E-state index contributed by atoms with van der Waals surface area (Å²) < 4.78 is 18.2. The van der Waals surface area contributed by atoms with E-state index in [0.29, 0.717) is 10.2 Å². The minimum atomic E-state index is -0.476. The highest BCUT2D eigenvalue weighted by atomic mass is 79.9. The highest BCUT2D eigenvalue weighted by Crippen LogP contribution is 2.28. The van der Waals surface area contributed by atoms with Crippen LogP contribution < -0.4 is 10.5 Å². The first-order chi connectivity index (χ1) is 5.15. The van der Waals surface area contributed by atoms with Gasteiger partial charge in [0, 0.05) is 4.47 Å². The van der Waals surface area contributed by atoms with Gasteiger partial charge in [-0.1, -0.05) is 15.9 Å². The molecular formula is C7H7BrFNO. The van der Waals surface area contributed by atoms with Gasteiger partial charge in [-0.3, -0.25) is 0 Å². The van der Waals surface area contributed by atoms with E-state index in [4.69, 9.17) is 10.5 Å². The fraction of sp³-hybridized carbons (Fsp3) is 0.143. The molecule has 0 unspecified atom stereocenters. The molecule has 0 radical (unpaired) electrons. The normalized spacial score (nSPS) is 9.73. The van der Waals surface area contributed by atoms with E-state index < -0.39 is 5.82 Å². The average molecular weight is 220 g/mol. The Balaban J connectivity index is 3.24. The van der Waals surface area contributed by atoms with Crippen molar-refractivity contribution in [1.82, 2.24) is 0 Å². The van der Waals surface area contributed by atoms with E-state index in [-0.39, 0.29) is 5.69 Å². The maximum Gasteiger partial charge on any atom is 0.151 e. The second-order valence-corrected chi connectivity index (χ2v) is 2.92. The summed E-state index contributed by atoms with van der Waals surface area (Å²) in [5, 5.41) is 0. The molecule has 0 aliphatic heterocycles. The van der Waals surface area contributed by atoms with Crippen LogP contribution in [-0.2, 0) is 0 Å². The van der Waals surface area contributed by atoms with E-state index >= 15 is 0 Å². The van der Waals surface area contributed by atoms with Gasteiger partial charge in [0.15, 0.2) is 5.82 Å². The van der Waals surface area contributed by atoms with Gasteiger partial charge >= 0.3 is 0 Å². The lowest BCUT2D eigenvalue weighted by molar-refractivity contribution is 0.414. The standard InChI is InChI=1S/C7H7BrFNO/c1-11-6-3-4(8)2-5(9)7(6)10/h2-3H,10H2,1H3. The fourth-order valence-corrected chi connectivity index (χ4v) is 1.14. The predicted molar refractivity (Wildman–Crippen MR) is 45.1 cm³/mol. The molecule has 0 aliphatic rings. The van der Waals surface area contributed by atoms with Crippen molar-refractivity contribution in [3.05, 3.63) is 22.4 Å². The average Bonchev–Trinajstić information content (AvgIpc) is 1.96. The minimum absolute atomic E-state index is 0.0377. The third-order valence-corrected chi connectivity index (χ3v) is 1.73. The lowest BCUT2D eigenvalue weighted by Gasteiger charge is -2.04. The number of nitrogens with two attached hydrogens (primary N) is 1. The molecule has 0 saturated carbocycles. The van der Waals surface area contributed by atoms with Crippen molar-refractivity contribution in [1.29, 1.82) is 0 Å². The first-order valence-electron chi connectivity index (χ1n) is 2.93. The van der Waals surface area contributed by atoms with Gasteiger partial charge in [0.25, 0.3) is 0 Å². The second-order valence-electron chi connectivity index (χ2n) is 2.00. The van der Waals surface area contributed by atoms with Crippen LogP contribution in [0.2, 0.25) is 0 Å². The summed E-state index contributed by atoms with van der Waals surface area (Å²) in [5.41, 5.74) is 5.38. The predicted octanol–water partition coefficient (Wildman–Crippen LogP) is 2.18. The van der Waals surface area contributed by atoms with Crippen molar-refractivity contribution in [3.8, 4) is 5.75 Å². The van der Waals surface area contributed by atoms with Gasteiger partial charge in [0.05, 0.1) is 7.11 Å². The summed E-state index contributed by atoms with van der Waals surface area (Å²) in [6, 6.07) is 2.90. The van der Waals surface area contributed by atoms with Gasteiger partial charge in [-0.15, -0.1) is 0 Å². The number of ether oxygens (including phenoxy) is 1. The van der Waals surface area contributed by atoms with E-state index in [1.54, 1.807) is 6.07 Å². The van der Waals surface area contributed by atoms with Gasteiger partial charge in [-0.25, -0.2) is 4.39 Å². The van der Waals surface area contributed by atoms with E-state index in [1.165, 1.54) is 13.2 Å². The van der Waals surface area contributed by atoms with Crippen molar-refractivity contribution in [3.63, 3.8) is 0 Å². The Hall–Kier alpha value is -0.770. The molecule has 0 bridgehead atoms. The highest BCUT2D eigenvalue weighted by Gasteiger charge is 2.05. The van der Waals surface area contributed by atoms with E-state index in [0.717, 1.165) is 0 Å². The molecule has 0 fully saturated rings. The van der Waals surface area contributed by atoms with Crippen molar-refractivity contribution < 1.29 is 9.13 Å². The zero-order valence-corrected chi connectivity index (χ0v) is 7.48. The first kappa shape index (κ1) is 8.33. The lowest BCUT2D eigenvalue weighted by Crippen LogP contribution is -1.95. The number of nitrogen functional groups attached to an aromatic ring is 1. The van der Waals surface area contributed by atoms with Crippen LogP contribution in [0.3, 0.4) is 0 Å². The molecule has 0 aromatic heterocycles. The largest absolute Gasteiger partial charge is 0.494 e. The minimum Gasteiger partial charge on any atom is -0.494 e. The Labute approximate surface area is 72.3 Å². The molecule has 2 N–H and O–H groups in total. The molecule has 0 saturated heterocycles. The first-order valence-corrected chi connectivity index (χ1v) is 3.73. The number of anilines is 1. The quantitative estimate of drug-likeness (QED) is 0.736. The summed E-state index contributed by atoms with van der Waals surface area (Å²) in [7, 11) is 1.44. The number of halogens is 2. The molecule has 0 heterocycles.